The van der Waals surface area contributed by atoms with Crippen LogP contribution in [0.15, 0.2) is 58.0 Å². The molecule has 1 fully saturated rings. The van der Waals surface area contributed by atoms with Gasteiger partial charge in [0, 0.05) is 28.8 Å². The molecule has 0 aromatic heterocycles. The Hall–Kier alpha value is -1.65. The van der Waals surface area contributed by atoms with Gasteiger partial charge in [-0.25, -0.2) is 0 Å². The average Bonchev–Trinajstić information content (AvgIpc) is 2.62. The van der Waals surface area contributed by atoms with Crippen molar-refractivity contribution in [2.45, 2.75) is 25.8 Å². The molecule has 24 heavy (non-hydrogen) atoms. The van der Waals surface area contributed by atoms with Gasteiger partial charge in [-0.2, -0.15) is 0 Å². The molecule has 124 valence electrons. The molecule has 0 saturated carbocycles. The van der Waals surface area contributed by atoms with Crippen molar-refractivity contribution >= 4 is 27.5 Å². The van der Waals surface area contributed by atoms with Gasteiger partial charge in [0.15, 0.2) is 0 Å². The van der Waals surface area contributed by atoms with Gasteiger partial charge < -0.3 is 10.1 Å². The van der Waals surface area contributed by atoms with E-state index in [2.05, 4.69) is 69.8 Å². The molecule has 1 spiro atoms. The van der Waals surface area contributed by atoms with E-state index in [0.717, 1.165) is 42.8 Å². The second-order valence-electron chi connectivity index (χ2n) is 6.64. The van der Waals surface area contributed by atoms with E-state index in [4.69, 9.17) is 9.73 Å². The molecule has 2 aliphatic rings. The summed E-state index contributed by atoms with van der Waals surface area (Å²) in [7, 11) is 0. The summed E-state index contributed by atoms with van der Waals surface area (Å²) < 4.78 is 6.72. The van der Waals surface area contributed by atoms with E-state index in [1.165, 1.54) is 16.8 Å². The highest BCUT2D eigenvalue weighted by molar-refractivity contribution is 9.10. The first kappa shape index (κ1) is 15.9. The van der Waals surface area contributed by atoms with Crippen molar-refractivity contribution in [3.63, 3.8) is 0 Å². The van der Waals surface area contributed by atoms with E-state index in [-0.39, 0.29) is 5.41 Å². The summed E-state index contributed by atoms with van der Waals surface area (Å²) in [4.78, 5) is 4.99. The summed E-state index contributed by atoms with van der Waals surface area (Å²) >= 11 is 3.49. The molecule has 2 heterocycles. The minimum atomic E-state index is 0.0992. The van der Waals surface area contributed by atoms with Gasteiger partial charge >= 0.3 is 0 Å². The van der Waals surface area contributed by atoms with Crippen LogP contribution in [0.5, 0.6) is 0 Å². The minimum absolute atomic E-state index is 0.0992. The fourth-order valence-electron chi connectivity index (χ4n) is 3.65. The largest absolute Gasteiger partial charge is 0.381 e. The number of nitrogens with zero attached hydrogens (tertiary/aromatic N) is 1. The third kappa shape index (κ3) is 3.13. The van der Waals surface area contributed by atoms with Gasteiger partial charge in [0.05, 0.1) is 6.54 Å². The van der Waals surface area contributed by atoms with Crippen molar-refractivity contribution in [2.75, 3.05) is 18.5 Å². The van der Waals surface area contributed by atoms with Crippen molar-refractivity contribution in [3.05, 3.63) is 64.1 Å². The molecular formula is C20H21BrN2O. The third-order valence-corrected chi connectivity index (χ3v) is 5.61. The van der Waals surface area contributed by atoms with Gasteiger partial charge in [-0.3, -0.25) is 4.99 Å². The normalized spacial score (nSPS) is 20.6. The van der Waals surface area contributed by atoms with Gasteiger partial charge in [0.25, 0.3) is 0 Å². The molecule has 2 aliphatic heterocycles. The Morgan fingerprint density at radius 1 is 1.04 bits per heavy atom. The summed E-state index contributed by atoms with van der Waals surface area (Å²) in [5, 5.41) is 3.62. The van der Waals surface area contributed by atoms with Gasteiger partial charge in [-0.1, -0.05) is 46.3 Å². The van der Waals surface area contributed by atoms with Gasteiger partial charge in [0.2, 0.25) is 0 Å². The van der Waals surface area contributed by atoms with E-state index in [9.17, 15) is 0 Å². The highest BCUT2D eigenvalue weighted by Crippen LogP contribution is 2.41. The molecule has 1 N–H and O–H groups in total. The molecule has 0 aliphatic carbocycles. The molecule has 4 heteroatoms. The number of hydrogen-bond acceptors (Lipinski definition) is 2. The van der Waals surface area contributed by atoms with Gasteiger partial charge in [-0.05, 0) is 48.6 Å². The lowest BCUT2D eigenvalue weighted by atomic mass is 9.71. The second kappa shape index (κ2) is 6.69. The number of anilines is 1. The Kier molecular flexibility index (Phi) is 4.42. The summed E-state index contributed by atoms with van der Waals surface area (Å²) in [5.74, 6) is 1.13. The number of nitrogens with one attached hydrogen (secondary N) is 1. The van der Waals surface area contributed by atoms with Crippen LogP contribution in [0.3, 0.4) is 0 Å². The highest BCUT2D eigenvalue weighted by Gasteiger charge is 2.41. The van der Waals surface area contributed by atoms with Crippen molar-refractivity contribution in [1.82, 2.24) is 0 Å². The predicted molar refractivity (Wildman–Crippen MR) is 102 cm³/mol. The summed E-state index contributed by atoms with van der Waals surface area (Å²) in [6.07, 6.45) is 3.12. The van der Waals surface area contributed by atoms with Gasteiger partial charge in [-0.15, -0.1) is 0 Å². The fraction of sp³-hybridized carbons (Fsp3) is 0.350. The summed E-state index contributed by atoms with van der Waals surface area (Å²) in [6, 6.07) is 17.0. The zero-order valence-corrected chi connectivity index (χ0v) is 15.2. The first-order valence-corrected chi connectivity index (χ1v) is 9.27. The average molecular weight is 385 g/mol. The molecule has 0 bridgehead atoms. The quantitative estimate of drug-likeness (QED) is 0.805. The third-order valence-electron chi connectivity index (χ3n) is 5.08. The number of fused-ring (bicyclic) bond motifs is 1. The number of para-hydroxylation sites is 1. The molecule has 2 aromatic rings. The van der Waals surface area contributed by atoms with Gasteiger partial charge in [0.1, 0.15) is 5.84 Å². The zero-order chi connectivity index (χ0) is 16.4. The topological polar surface area (TPSA) is 33.6 Å². The van der Waals surface area contributed by atoms with Crippen LogP contribution in [0.2, 0.25) is 0 Å². The van der Waals surface area contributed by atoms with Crippen molar-refractivity contribution in [1.29, 1.82) is 0 Å². The maximum absolute atomic E-state index is 5.62. The van der Waals surface area contributed by atoms with E-state index >= 15 is 0 Å². The molecule has 4 rings (SSSR count). The van der Waals surface area contributed by atoms with Crippen LogP contribution in [-0.4, -0.2) is 19.0 Å². The Bertz CT molecular complexity index is 748. The Balaban J connectivity index is 1.65. The van der Waals surface area contributed by atoms with Crippen LogP contribution in [0.4, 0.5) is 5.69 Å². The first-order valence-electron chi connectivity index (χ1n) is 8.47. The van der Waals surface area contributed by atoms with Crippen LogP contribution in [-0.2, 0) is 17.7 Å². The Labute approximate surface area is 151 Å². The van der Waals surface area contributed by atoms with E-state index in [0.29, 0.717) is 6.54 Å². The van der Waals surface area contributed by atoms with Crippen molar-refractivity contribution in [2.24, 2.45) is 10.4 Å². The summed E-state index contributed by atoms with van der Waals surface area (Å²) in [6.45, 7) is 2.35. The lowest BCUT2D eigenvalue weighted by Crippen LogP contribution is -2.45. The van der Waals surface area contributed by atoms with Crippen molar-refractivity contribution < 1.29 is 4.74 Å². The number of ether oxygens (including phenoxy) is 1. The number of amidine groups is 1. The van der Waals surface area contributed by atoms with Crippen LogP contribution in [0, 0.1) is 5.41 Å². The maximum Gasteiger partial charge on any atom is 0.108 e. The number of aliphatic imine (C=N–C) groups is 1. The maximum atomic E-state index is 5.62. The molecule has 0 radical (unpaired) electrons. The lowest BCUT2D eigenvalue weighted by molar-refractivity contribution is 0.0448. The Morgan fingerprint density at radius 3 is 2.58 bits per heavy atom. The molecule has 3 nitrogen and oxygen atoms in total. The number of hydrogen-bond donors (Lipinski definition) is 1. The van der Waals surface area contributed by atoms with Crippen LogP contribution < -0.4 is 5.32 Å². The predicted octanol–water partition coefficient (Wildman–Crippen LogP) is 4.81. The molecular weight excluding hydrogens is 364 g/mol. The van der Waals surface area contributed by atoms with E-state index < -0.39 is 0 Å². The number of halogens is 1. The number of benzene rings is 2. The van der Waals surface area contributed by atoms with Crippen molar-refractivity contribution in [3.8, 4) is 0 Å². The highest BCUT2D eigenvalue weighted by atomic mass is 79.9. The standard InChI is InChI=1S/C20H21BrN2O/c21-17-7-5-15(6-8-17)14-22-19-20(9-11-24-12-10-20)13-16-3-1-2-4-18(16)23-19/h1-8H,9-14H2,(H,22,23). The van der Waals surface area contributed by atoms with Crippen LogP contribution in [0.25, 0.3) is 0 Å². The molecule has 0 unspecified atom stereocenters. The minimum Gasteiger partial charge on any atom is -0.381 e. The SMILES string of the molecule is Brc1ccc(CN=C2Nc3ccccc3CC23CCOCC3)cc1. The monoisotopic (exact) mass is 384 g/mol. The second-order valence-corrected chi connectivity index (χ2v) is 7.56. The van der Waals surface area contributed by atoms with Crippen LogP contribution in [0.1, 0.15) is 24.0 Å². The molecule has 2 aromatic carbocycles. The van der Waals surface area contributed by atoms with Crippen LogP contribution >= 0.6 is 15.9 Å². The van der Waals surface area contributed by atoms with E-state index in [1.807, 2.05) is 0 Å². The Morgan fingerprint density at radius 2 is 1.79 bits per heavy atom. The fourth-order valence-corrected chi connectivity index (χ4v) is 3.91. The molecule has 0 atom stereocenters. The first-order chi connectivity index (χ1) is 11.8. The van der Waals surface area contributed by atoms with E-state index in [1.54, 1.807) is 0 Å². The molecule has 1 saturated heterocycles. The smallest absolute Gasteiger partial charge is 0.108 e. The lowest BCUT2D eigenvalue weighted by Gasteiger charge is -2.42. The summed E-state index contributed by atoms with van der Waals surface area (Å²) in [5.41, 5.74) is 3.92. The zero-order valence-electron chi connectivity index (χ0n) is 13.6. The molecule has 0 amide bonds. The number of rotatable bonds is 2.